The number of nitrogens with zero attached hydrogens (tertiary/aromatic N) is 1. The molecule has 1 heterocycles. The first-order chi connectivity index (χ1) is 13.1. The highest BCUT2D eigenvalue weighted by Gasteiger charge is 2.24. The molecular formula is C21H24N2O4. The van der Waals surface area contributed by atoms with Gasteiger partial charge in [-0.15, -0.1) is 0 Å². The third-order valence-electron chi connectivity index (χ3n) is 4.78. The van der Waals surface area contributed by atoms with E-state index in [0.29, 0.717) is 25.6 Å². The second-order valence-electron chi connectivity index (χ2n) is 6.70. The van der Waals surface area contributed by atoms with Gasteiger partial charge in [-0.2, -0.15) is 0 Å². The van der Waals surface area contributed by atoms with Crippen LogP contribution in [0.4, 0.5) is 4.79 Å². The van der Waals surface area contributed by atoms with Crippen molar-refractivity contribution in [2.45, 2.75) is 19.4 Å². The molecule has 142 valence electrons. The van der Waals surface area contributed by atoms with Gasteiger partial charge in [0.25, 0.3) is 5.91 Å². The van der Waals surface area contributed by atoms with Crippen LogP contribution in [0.15, 0.2) is 54.6 Å². The molecule has 0 unspecified atom stereocenters. The molecule has 2 aromatic carbocycles. The lowest BCUT2D eigenvalue weighted by Gasteiger charge is -2.31. The first-order valence-corrected chi connectivity index (χ1v) is 9.15. The van der Waals surface area contributed by atoms with Gasteiger partial charge >= 0.3 is 6.09 Å². The zero-order valence-electron chi connectivity index (χ0n) is 15.1. The van der Waals surface area contributed by atoms with Crippen molar-refractivity contribution in [3.05, 3.63) is 65.7 Å². The lowest BCUT2D eigenvalue weighted by molar-refractivity contribution is 0.0800. The molecule has 0 aliphatic carbocycles. The molecule has 0 spiro atoms. The highest BCUT2D eigenvalue weighted by Crippen LogP contribution is 2.19. The molecule has 6 nitrogen and oxygen atoms in total. The highest BCUT2D eigenvalue weighted by molar-refractivity contribution is 5.96. The fourth-order valence-corrected chi connectivity index (χ4v) is 3.13. The number of para-hydroxylation sites is 1. The van der Waals surface area contributed by atoms with Crippen molar-refractivity contribution >= 4 is 12.0 Å². The van der Waals surface area contributed by atoms with Crippen LogP contribution in [0, 0.1) is 5.92 Å². The van der Waals surface area contributed by atoms with Gasteiger partial charge in [-0.05, 0) is 36.5 Å². The SMILES string of the molecule is O=C(NCC1CCN(C(=O)OCc2ccccc2)CC1)c1ccccc1O. The molecule has 0 radical (unpaired) electrons. The summed E-state index contributed by atoms with van der Waals surface area (Å²) in [5.74, 6) is 0.00163. The van der Waals surface area contributed by atoms with Crippen LogP contribution in [-0.2, 0) is 11.3 Å². The number of amides is 2. The van der Waals surface area contributed by atoms with Crippen molar-refractivity contribution in [1.29, 1.82) is 0 Å². The van der Waals surface area contributed by atoms with Crippen LogP contribution >= 0.6 is 0 Å². The van der Waals surface area contributed by atoms with E-state index in [1.807, 2.05) is 30.3 Å². The van der Waals surface area contributed by atoms with Crippen LogP contribution in [0.5, 0.6) is 5.75 Å². The first kappa shape index (κ1) is 18.8. The minimum absolute atomic E-state index is 0.0222. The molecule has 3 rings (SSSR count). The normalized spacial score (nSPS) is 14.6. The summed E-state index contributed by atoms with van der Waals surface area (Å²) in [7, 11) is 0. The summed E-state index contributed by atoms with van der Waals surface area (Å²) in [5.41, 5.74) is 1.24. The predicted molar refractivity (Wildman–Crippen MR) is 101 cm³/mol. The Balaban J connectivity index is 1.39. The van der Waals surface area contributed by atoms with Gasteiger partial charge in [0.2, 0.25) is 0 Å². The standard InChI is InChI=1S/C21H24N2O4/c24-19-9-5-4-8-18(19)20(25)22-14-16-10-12-23(13-11-16)21(26)27-15-17-6-2-1-3-7-17/h1-9,16,24H,10-15H2,(H,22,25). The number of nitrogens with one attached hydrogen (secondary N) is 1. The molecule has 2 N–H and O–H groups in total. The largest absolute Gasteiger partial charge is 0.507 e. The van der Waals surface area contributed by atoms with E-state index in [-0.39, 0.29) is 29.9 Å². The van der Waals surface area contributed by atoms with E-state index in [1.54, 1.807) is 23.1 Å². The quantitative estimate of drug-likeness (QED) is 0.850. The maximum atomic E-state index is 12.2. The zero-order chi connectivity index (χ0) is 19.1. The van der Waals surface area contributed by atoms with Gasteiger partial charge in [-0.25, -0.2) is 4.79 Å². The van der Waals surface area contributed by atoms with Crippen molar-refractivity contribution in [2.75, 3.05) is 19.6 Å². The van der Waals surface area contributed by atoms with Gasteiger partial charge in [0, 0.05) is 19.6 Å². The monoisotopic (exact) mass is 368 g/mol. The summed E-state index contributed by atoms with van der Waals surface area (Å²) in [5, 5.41) is 12.6. The van der Waals surface area contributed by atoms with Crippen LogP contribution in [0.2, 0.25) is 0 Å². The van der Waals surface area contributed by atoms with Gasteiger partial charge in [-0.1, -0.05) is 42.5 Å². The fraction of sp³-hybridized carbons (Fsp3) is 0.333. The number of piperidine rings is 1. The predicted octanol–water partition coefficient (Wildman–Crippen LogP) is 3.17. The Morgan fingerprint density at radius 1 is 1.04 bits per heavy atom. The Morgan fingerprint density at radius 2 is 1.70 bits per heavy atom. The summed E-state index contributed by atoms with van der Waals surface area (Å²) in [6, 6.07) is 16.1. The number of phenolic OH excluding ortho intramolecular Hbond substituents is 1. The molecule has 0 bridgehead atoms. The van der Waals surface area contributed by atoms with Gasteiger partial charge in [0.1, 0.15) is 12.4 Å². The lowest BCUT2D eigenvalue weighted by atomic mass is 9.97. The van der Waals surface area contributed by atoms with E-state index < -0.39 is 0 Å². The summed E-state index contributed by atoms with van der Waals surface area (Å²) < 4.78 is 5.36. The fourth-order valence-electron chi connectivity index (χ4n) is 3.13. The smallest absolute Gasteiger partial charge is 0.410 e. The number of benzene rings is 2. The van der Waals surface area contributed by atoms with Gasteiger partial charge in [0.15, 0.2) is 0 Å². The van der Waals surface area contributed by atoms with E-state index in [0.717, 1.165) is 18.4 Å². The molecule has 0 atom stereocenters. The number of carbonyl (C=O) groups excluding carboxylic acids is 2. The van der Waals surface area contributed by atoms with Crippen LogP contribution < -0.4 is 5.32 Å². The van der Waals surface area contributed by atoms with E-state index >= 15 is 0 Å². The van der Waals surface area contributed by atoms with Crippen LogP contribution in [0.25, 0.3) is 0 Å². The number of rotatable bonds is 5. The van der Waals surface area contributed by atoms with Crippen molar-refractivity contribution in [3.8, 4) is 5.75 Å². The average molecular weight is 368 g/mol. The molecule has 6 heteroatoms. The summed E-state index contributed by atoms with van der Waals surface area (Å²) in [6.45, 7) is 2.03. The number of hydrogen-bond acceptors (Lipinski definition) is 4. The molecule has 2 aromatic rings. The first-order valence-electron chi connectivity index (χ1n) is 9.15. The molecule has 1 aliphatic rings. The summed E-state index contributed by atoms with van der Waals surface area (Å²) in [6.07, 6.45) is 1.32. The zero-order valence-corrected chi connectivity index (χ0v) is 15.1. The van der Waals surface area contributed by atoms with Crippen molar-refractivity contribution < 1.29 is 19.4 Å². The maximum Gasteiger partial charge on any atom is 0.410 e. The third kappa shape index (κ3) is 5.23. The number of phenols is 1. The Bertz CT molecular complexity index is 771. The minimum Gasteiger partial charge on any atom is -0.507 e. The second-order valence-corrected chi connectivity index (χ2v) is 6.70. The Labute approximate surface area is 158 Å². The van der Waals surface area contributed by atoms with Crippen LogP contribution in [0.3, 0.4) is 0 Å². The molecule has 1 fully saturated rings. The number of hydrogen-bond donors (Lipinski definition) is 2. The topological polar surface area (TPSA) is 78.9 Å². The van der Waals surface area contributed by atoms with Crippen molar-refractivity contribution in [3.63, 3.8) is 0 Å². The average Bonchev–Trinajstić information content (AvgIpc) is 2.72. The van der Waals surface area contributed by atoms with Gasteiger partial charge < -0.3 is 20.1 Å². The van der Waals surface area contributed by atoms with Crippen LogP contribution in [0.1, 0.15) is 28.8 Å². The number of ether oxygens (including phenoxy) is 1. The molecule has 1 aliphatic heterocycles. The Hall–Kier alpha value is -3.02. The van der Waals surface area contributed by atoms with E-state index in [9.17, 15) is 14.7 Å². The molecule has 27 heavy (non-hydrogen) atoms. The van der Waals surface area contributed by atoms with Crippen molar-refractivity contribution in [2.24, 2.45) is 5.92 Å². The highest BCUT2D eigenvalue weighted by atomic mass is 16.6. The maximum absolute atomic E-state index is 12.2. The number of likely N-dealkylation sites (tertiary alicyclic amines) is 1. The molecule has 2 amide bonds. The summed E-state index contributed by atoms with van der Waals surface area (Å²) in [4.78, 5) is 26.0. The number of carbonyl (C=O) groups is 2. The van der Waals surface area contributed by atoms with Gasteiger partial charge in [-0.3, -0.25) is 4.79 Å². The summed E-state index contributed by atoms with van der Waals surface area (Å²) >= 11 is 0. The van der Waals surface area contributed by atoms with Crippen molar-refractivity contribution in [1.82, 2.24) is 10.2 Å². The molecule has 0 aromatic heterocycles. The van der Waals surface area contributed by atoms with E-state index in [4.69, 9.17) is 4.74 Å². The molecule has 1 saturated heterocycles. The van der Waals surface area contributed by atoms with Gasteiger partial charge in [0.05, 0.1) is 5.56 Å². The molecule has 0 saturated carbocycles. The molecular weight excluding hydrogens is 344 g/mol. The third-order valence-corrected chi connectivity index (χ3v) is 4.78. The van der Waals surface area contributed by atoms with E-state index in [1.165, 1.54) is 6.07 Å². The van der Waals surface area contributed by atoms with E-state index in [2.05, 4.69) is 5.32 Å². The number of aromatic hydroxyl groups is 1. The minimum atomic E-state index is -0.296. The second kappa shape index (κ2) is 9.07. The Morgan fingerprint density at radius 3 is 2.41 bits per heavy atom. The Kier molecular flexibility index (Phi) is 6.30. The van der Waals surface area contributed by atoms with Crippen LogP contribution in [-0.4, -0.2) is 41.6 Å². The lowest BCUT2D eigenvalue weighted by Crippen LogP contribution is -2.41.